The van der Waals surface area contributed by atoms with Crippen molar-refractivity contribution in [3.05, 3.63) is 70.1 Å². The maximum Gasteiger partial charge on any atom is 0.339 e. The zero-order valence-electron chi connectivity index (χ0n) is 15.4. The largest absolute Gasteiger partial charge is 0.453 e. The summed E-state index contributed by atoms with van der Waals surface area (Å²) in [5.41, 5.74) is 1.88. The highest BCUT2D eigenvalue weighted by Crippen LogP contribution is 2.41. The molecule has 150 valence electrons. The Kier molecular flexibility index (Phi) is 4.64. The van der Waals surface area contributed by atoms with Crippen molar-refractivity contribution in [1.29, 1.82) is 0 Å². The van der Waals surface area contributed by atoms with Crippen LogP contribution in [0, 0.1) is 0 Å². The molecule has 5 atom stereocenters. The summed E-state index contributed by atoms with van der Waals surface area (Å²) in [6.07, 6.45) is -4.76. The molecule has 3 aromatic rings. The van der Waals surface area contributed by atoms with Crippen LogP contribution in [0.1, 0.15) is 32.5 Å². The van der Waals surface area contributed by atoms with Crippen molar-refractivity contribution < 1.29 is 29.6 Å². The minimum absolute atomic E-state index is 0.437. The fourth-order valence-electron chi connectivity index (χ4n) is 4.22. The quantitative estimate of drug-likeness (QED) is 0.571. The molecule has 7 heteroatoms. The molecule has 0 saturated carbocycles. The number of carbonyl (C=O) groups is 1. The van der Waals surface area contributed by atoms with Crippen molar-refractivity contribution in [2.45, 2.75) is 36.9 Å². The van der Waals surface area contributed by atoms with Crippen LogP contribution in [0.15, 0.2) is 48.5 Å². The zero-order chi connectivity index (χ0) is 20.1. The second-order valence-electron chi connectivity index (χ2n) is 7.44. The van der Waals surface area contributed by atoms with Gasteiger partial charge in [-0.15, -0.1) is 11.3 Å². The van der Waals surface area contributed by atoms with E-state index < -0.39 is 43.1 Å². The van der Waals surface area contributed by atoms with E-state index in [9.17, 15) is 20.1 Å². The van der Waals surface area contributed by atoms with Gasteiger partial charge in [-0.05, 0) is 28.6 Å². The summed E-state index contributed by atoms with van der Waals surface area (Å²) in [6, 6.07) is 15.8. The van der Waals surface area contributed by atoms with Gasteiger partial charge in [0.25, 0.3) is 0 Å². The lowest BCUT2D eigenvalue weighted by Crippen LogP contribution is -2.58. The van der Waals surface area contributed by atoms with Gasteiger partial charge in [0, 0.05) is 16.0 Å². The van der Waals surface area contributed by atoms with Crippen molar-refractivity contribution >= 4 is 27.4 Å². The number of ether oxygens (including phenoxy) is 2. The highest BCUT2D eigenvalue weighted by Gasteiger charge is 2.50. The van der Waals surface area contributed by atoms with E-state index in [0.717, 1.165) is 10.4 Å². The number of benzene rings is 2. The van der Waals surface area contributed by atoms with Gasteiger partial charge in [0.1, 0.15) is 24.4 Å². The van der Waals surface area contributed by atoms with Crippen LogP contribution >= 0.6 is 11.3 Å². The Morgan fingerprint density at radius 3 is 2.66 bits per heavy atom. The van der Waals surface area contributed by atoms with E-state index in [-0.39, 0.29) is 0 Å². The maximum atomic E-state index is 12.8. The molecule has 0 aliphatic carbocycles. The molecule has 0 spiro atoms. The Hall–Kier alpha value is -2.29. The number of hydrogen-bond donors (Lipinski definition) is 3. The lowest BCUT2D eigenvalue weighted by Gasteiger charge is -2.44. The molecule has 2 aromatic carbocycles. The summed E-state index contributed by atoms with van der Waals surface area (Å²) in [7, 11) is 0. The van der Waals surface area contributed by atoms with Crippen molar-refractivity contribution in [3.63, 3.8) is 0 Å². The first-order valence-corrected chi connectivity index (χ1v) is 10.3. The van der Waals surface area contributed by atoms with E-state index in [2.05, 4.69) is 18.2 Å². The van der Waals surface area contributed by atoms with Crippen LogP contribution in [0.4, 0.5) is 0 Å². The Morgan fingerprint density at radius 2 is 1.86 bits per heavy atom. The van der Waals surface area contributed by atoms with Crippen LogP contribution in [-0.4, -0.2) is 52.3 Å². The molecule has 3 N–H and O–H groups in total. The van der Waals surface area contributed by atoms with E-state index in [1.807, 2.05) is 24.3 Å². The number of carbonyl (C=O) groups excluding carboxylic acids is 1. The topological polar surface area (TPSA) is 96.2 Å². The normalized spacial score (nSPS) is 28.7. The molecule has 2 aliphatic rings. The predicted octanol–water partition coefficient (Wildman–Crippen LogP) is 2.19. The summed E-state index contributed by atoms with van der Waals surface area (Å²) in [5, 5.41) is 31.1. The standard InChI is InChI=1S/C22H20O6S/c23-10-15-18(24)19(25)21-20(27-15)14-6-3-5-12(17(14)22(26)28-21)9-13-8-11-4-1-2-7-16(11)29-13/h1-8,15,18-21,23-25H,9-10H2/t15-,18-,19+,20+,21-/m1/s1. The van der Waals surface area contributed by atoms with Crippen molar-refractivity contribution in [1.82, 2.24) is 0 Å². The van der Waals surface area contributed by atoms with Crippen molar-refractivity contribution in [3.8, 4) is 0 Å². The third kappa shape index (κ3) is 3.06. The van der Waals surface area contributed by atoms with Gasteiger partial charge in [0.2, 0.25) is 0 Å². The molecule has 2 aliphatic heterocycles. The molecule has 0 radical (unpaired) electrons. The van der Waals surface area contributed by atoms with Gasteiger partial charge in [-0.25, -0.2) is 4.79 Å². The SMILES string of the molecule is O=C1O[C@@H]2[C@@H](O)[C@H](O)[C@@H](CO)O[C@H]2c2cccc(Cc3cc4ccccc4s3)c21. The van der Waals surface area contributed by atoms with Crippen LogP contribution in [-0.2, 0) is 15.9 Å². The molecule has 3 heterocycles. The highest BCUT2D eigenvalue weighted by atomic mass is 32.1. The van der Waals surface area contributed by atoms with Crippen LogP contribution in [0.2, 0.25) is 0 Å². The summed E-state index contributed by atoms with van der Waals surface area (Å²) >= 11 is 1.68. The van der Waals surface area contributed by atoms with Crippen LogP contribution in [0.5, 0.6) is 0 Å². The first-order chi connectivity index (χ1) is 14.1. The Morgan fingerprint density at radius 1 is 1.03 bits per heavy atom. The number of aliphatic hydroxyl groups is 3. The third-order valence-corrected chi connectivity index (χ3v) is 6.76. The summed E-state index contributed by atoms with van der Waals surface area (Å²) in [6.45, 7) is -0.438. The van der Waals surface area contributed by atoms with Crippen LogP contribution in [0.25, 0.3) is 10.1 Å². The van der Waals surface area contributed by atoms with E-state index in [1.165, 1.54) is 10.1 Å². The smallest absolute Gasteiger partial charge is 0.339 e. The molecule has 6 nitrogen and oxygen atoms in total. The van der Waals surface area contributed by atoms with E-state index in [4.69, 9.17) is 9.47 Å². The van der Waals surface area contributed by atoms with Crippen LogP contribution in [0.3, 0.4) is 0 Å². The molecule has 1 fully saturated rings. The number of aliphatic hydroxyl groups excluding tert-OH is 3. The van der Waals surface area contributed by atoms with Crippen LogP contribution < -0.4 is 0 Å². The molecule has 0 bridgehead atoms. The van der Waals surface area contributed by atoms with Crippen molar-refractivity contribution in [2.75, 3.05) is 6.61 Å². The maximum absolute atomic E-state index is 12.8. The van der Waals surface area contributed by atoms with Gasteiger partial charge < -0.3 is 24.8 Å². The Labute approximate surface area is 170 Å². The summed E-state index contributed by atoms with van der Waals surface area (Å²) in [5.74, 6) is -0.532. The highest BCUT2D eigenvalue weighted by molar-refractivity contribution is 7.19. The summed E-state index contributed by atoms with van der Waals surface area (Å²) in [4.78, 5) is 13.9. The lowest BCUT2D eigenvalue weighted by atomic mass is 9.85. The number of rotatable bonds is 3. The van der Waals surface area contributed by atoms with E-state index in [0.29, 0.717) is 17.5 Å². The minimum atomic E-state index is -1.32. The van der Waals surface area contributed by atoms with E-state index >= 15 is 0 Å². The average molecular weight is 412 g/mol. The fourth-order valence-corrected chi connectivity index (χ4v) is 5.31. The number of fused-ring (bicyclic) bond motifs is 4. The molecule has 5 rings (SSSR count). The Bertz CT molecular complexity index is 1040. The number of esters is 1. The number of hydrogen-bond acceptors (Lipinski definition) is 7. The van der Waals surface area contributed by atoms with E-state index in [1.54, 1.807) is 17.4 Å². The predicted molar refractivity (Wildman–Crippen MR) is 107 cm³/mol. The first kappa shape index (κ1) is 18.7. The van der Waals surface area contributed by atoms with Gasteiger partial charge in [-0.1, -0.05) is 36.4 Å². The lowest BCUT2D eigenvalue weighted by molar-refractivity contribution is -0.234. The average Bonchev–Trinajstić information content (AvgIpc) is 3.13. The van der Waals surface area contributed by atoms with Gasteiger partial charge >= 0.3 is 5.97 Å². The second-order valence-corrected chi connectivity index (χ2v) is 8.61. The molecule has 0 amide bonds. The fraction of sp³-hybridized carbons (Fsp3) is 0.318. The first-order valence-electron chi connectivity index (χ1n) is 9.49. The van der Waals surface area contributed by atoms with Crippen molar-refractivity contribution in [2.24, 2.45) is 0 Å². The molecular weight excluding hydrogens is 392 g/mol. The minimum Gasteiger partial charge on any atom is -0.453 e. The van der Waals surface area contributed by atoms with Gasteiger partial charge in [-0.3, -0.25) is 0 Å². The van der Waals surface area contributed by atoms with Gasteiger partial charge in [0.15, 0.2) is 6.10 Å². The van der Waals surface area contributed by atoms with Gasteiger partial charge in [0.05, 0.1) is 12.2 Å². The zero-order valence-corrected chi connectivity index (χ0v) is 16.2. The molecule has 29 heavy (non-hydrogen) atoms. The molecule has 0 unspecified atom stereocenters. The molecule has 1 saturated heterocycles. The number of thiophene rings is 1. The third-order valence-electron chi connectivity index (χ3n) is 5.65. The Balaban J connectivity index is 1.53. The second kappa shape index (κ2) is 7.19. The van der Waals surface area contributed by atoms with Gasteiger partial charge in [-0.2, -0.15) is 0 Å². The summed E-state index contributed by atoms with van der Waals surface area (Å²) < 4.78 is 12.5. The molecular formula is C22H20O6S. The molecule has 1 aromatic heterocycles. The monoisotopic (exact) mass is 412 g/mol.